The fourth-order valence-electron chi connectivity index (χ4n) is 3.84. The molecular formula is C28H23BrN6O2. The van der Waals surface area contributed by atoms with Gasteiger partial charge in [0, 0.05) is 40.6 Å². The first kappa shape index (κ1) is 24.2. The first-order valence-corrected chi connectivity index (χ1v) is 12.4. The van der Waals surface area contributed by atoms with Crippen LogP contribution in [0.4, 0.5) is 5.82 Å². The molecule has 0 spiro atoms. The molecule has 0 aliphatic heterocycles. The largest absolute Gasteiger partial charge is 0.344 e. The molecular weight excluding hydrogens is 532 g/mol. The van der Waals surface area contributed by atoms with Gasteiger partial charge in [-0.3, -0.25) is 14.3 Å². The van der Waals surface area contributed by atoms with Gasteiger partial charge in [-0.15, -0.1) is 0 Å². The van der Waals surface area contributed by atoms with Gasteiger partial charge in [0.05, 0.1) is 17.9 Å². The smallest absolute Gasteiger partial charge is 0.314 e. The first-order valence-electron chi connectivity index (χ1n) is 11.6. The van der Waals surface area contributed by atoms with E-state index in [1.165, 1.54) is 0 Å². The molecule has 0 atom stereocenters. The van der Waals surface area contributed by atoms with E-state index in [0.717, 1.165) is 32.5 Å². The van der Waals surface area contributed by atoms with Crippen LogP contribution < -0.4 is 10.6 Å². The lowest BCUT2D eigenvalue weighted by Crippen LogP contribution is -2.35. The number of hydrogen-bond donors (Lipinski definition) is 2. The molecule has 3 aromatic carbocycles. The van der Waals surface area contributed by atoms with Gasteiger partial charge in [-0.05, 0) is 29.8 Å². The summed E-state index contributed by atoms with van der Waals surface area (Å²) >= 11 is 3.40. The Morgan fingerprint density at radius 2 is 1.51 bits per heavy atom. The van der Waals surface area contributed by atoms with Crippen LogP contribution in [0.1, 0.15) is 11.1 Å². The van der Waals surface area contributed by atoms with Crippen LogP contribution in [-0.4, -0.2) is 31.4 Å². The Hall–Kier alpha value is -4.50. The molecule has 2 heterocycles. The Morgan fingerprint density at radius 1 is 0.811 bits per heavy atom. The number of amides is 2. The molecule has 2 N–H and O–H groups in total. The maximum absolute atomic E-state index is 12.6. The predicted octanol–water partition coefficient (Wildman–Crippen LogP) is 4.80. The van der Waals surface area contributed by atoms with E-state index >= 15 is 0 Å². The third-order valence-electron chi connectivity index (χ3n) is 5.64. The van der Waals surface area contributed by atoms with Gasteiger partial charge < -0.3 is 10.6 Å². The van der Waals surface area contributed by atoms with Crippen molar-refractivity contribution in [2.24, 2.45) is 0 Å². The molecule has 0 aliphatic rings. The summed E-state index contributed by atoms with van der Waals surface area (Å²) in [7, 11) is 0. The highest BCUT2D eigenvalue weighted by molar-refractivity contribution is 9.10. The summed E-state index contributed by atoms with van der Waals surface area (Å²) in [6.07, 6.45) is 3.61. The van der Waals surface area contributed by atoms with Gasteiger partial charge in [-0.2, -0.15) is 10.2 Å². The molecule has 184 valence electrons. The number of halogens is 1. The zero-order valence-corrected chi connectivity index (χ0v) is 21.3. The molecule has 0 bridgehead atoms. The second-order valence-electron chi connectivity index (χ2n) is 8.31. The molecule has 0 aliphatic carbocycles. The second kappa shape index (κ2) is 11.0. The predicted molar refractivity (Wildman–Crippen MR) is 145 cm³/mol. The van der Waals surface area contributed by atoms with Crippen LogP contribution in [0.15, 0.2) is 108 Å². The summed E-state index contributed by atoms with van der Waals surface area (Å²) in [5.74, 6) is -1.27. The van der Waals surface area contributed by atoms with E-state index in [1.54, 1.807) is 16.9 Å². The van der Waals surface area contributed by atoms with E-state index in [1.807, 2.05) is 95.8 Å². The van der Waals surface area contributed by atoms with Crippen LogP contribution in [0.3, 0.4) is 0 Å². The molecule has 2 amide bonds. The summed E-state index contributed by atoms with van der Waals surface area (Å²) in [5, 5.41) is 14.3. The van der Waals surface area contributed by atoms with Gasteiger partial charge in [0.15, 0.2) is 5.82 Å². The number of nitrogens with one attached hydrogen (secondary N) is 2. The summed E-state index contributed by atoms with van der Waals surface area (Å²) in [6, 6.07) is 29.0. The summed E-state index contributed by atoms with van der Waals surface area (Å²) in [6.45, 7) is 0.745. The number of carbonyl (C=O) groups is 2. The zero-order chi connectivity index (χ0) is 25.6. The van der Waals surface area contributed by atoms with Crippen molar-refractivity contribution in [1.29, 1.82) is 0 Å². The molecule has 5 rings (SSSR count). The van der Waals surface area contributed by atoms with Crippen molar-refractivity contribution in [1.82, 2.24) is 24.9 Å². The van der Waals surface area contributed by atoms with Gasteiger partial charge in [-0.25, -0.2) is 4.68 Å². The lowest BCUT2D eigenvalue weighted by molar-refractivity contribution is -0.136. The number of aromatic nitrogens is 4. The average molecular weight is 555 g/mol. The highest BCUT2D eigenvalue weighted by atomic mass is 79.9. The van der Waals surface area contributed by atoms with Gasteiger partial charge in [0.25, 0.3) is 0 Å². The fraction of sp³-hybridized carbons (Fsp3) is 0.0714. The van der Waals surface area contributed by atoms with Crippen LogP contribution >= 0.6 is 15.9 Å². The summed E-state index contributed by atoms with van der Waals surface area (Å²) in [5.41, 5.74) is 4.44. The number of nitrogens with zero attached hydrogens (tertiary/aromatic N) is 4. The van der Waals surface area contributed by atoms with E-state index in [0.29, 0.717) is 6.54 Å². The van der Waals surface area contributed by atoms with Crippen molar-refractivity contribution in [3.8, 4) is 16.9 Å². The Kier molecular flexibility index (Phi) is 7.23. The topological polar surface area (TPSA) is 93.8 Å². The van der Waals surface area contributed by atoms with Crippen molar-refractivity contribution in [3.05, 3.63) is 119 Å². The van der Waals surface area contributed by atoms with Gasteiger partial charge >= 0.3 is 11.8 Å². The Bertz CT molecular complexity index is 1510. The lowest BCUT2D eigenvalue weighted by atomic mass is 10.1. The van der Waals surface area contributed by atoms with E-state index in [-0.39, 0.29) is 12.4 Å². The number of carbonyl (C=O) groups excluding carboxylic acids is 2. The normalized spacial score (nSPS) is 10.7. The molecule has 5 aromatic rings. The minimum atomic E-state index is -0.793. The number of hydrogen-bond acceptors (Lipinski definition) is 4. The van der Waals surface area contributed by atoms with Crippen molar-refractivity contribution in [3.63, 3.8) is 0 Å². The lowest BCUT2D eigenvalue weighted by Gasteiger charge is -2.06. The van der Waals surface area contributed by atoms with Crippen LogP contribution in [0.2, 0.25) is 0 Å². The highest BCUT2D eigenvalue weighted by Crippen LogP contribution is 2.22. The van der Waals surface area contributed by atoms with Crippen molar-refractivity contribution in [2.45, 2.75) is 13.1 Å². The summed E-state index contributed by atoms with van der Waals surface area (Å²) < 4.78 is 4.41. The monoisotopic (exact) mass is 554 g/mol. The summed E-state index contributed by atoms with van der Waals surface area (Å²) in [4.78, 5) is 25.1. The molecule has 9 heteroatoms. The molecule has 37 heavy (non-hydrogen) atoms. The van der Waals surface area contributed by atoms with E-state index in [9.17, 15) is 9.59 Å². The first-order chi connectivity index (χ1) is 18.0. The molecule has 0 saturated heterocycles. The average Bonchev–Trinajstić information content (AvgIpc) is 3.56. The van der Waals surface area contributed by atoms with Crippen LogP contribution in [0, 0.1) is 0 Å². The third kappa shape index (κ3) is 6.02. The van der Waals surface area contributed by atoms with E-state index in [4.69, 9.17) is 5.10 Å². The van der Waals surface area contributed by atoms with Crippen LogP contribution in [-0.2, 0) is 22.7 Å². The number of rotatable bonds is 7. The molecule has 8 nitrogen and oxygen atoms in total. The van der Waals surface area contributed by atoms with Gasteiger partial charge in [0.2, 0.25) is 0 Å². The Balaban J connectivity index is 1.26. The number of benzene rings is 3. The van der Waals surface area contributed by atoms with Crippen LogP contribution in [0.5, 0.6) is 0 Å². The van der Waals surface area contributed by atoms with Crippen LogP contribution in [0.25, 0.3) is 16.9 Å². The zero-order valence-electron chi connectivity index (χ0n) is 19.7. The van der Waals surface area contributed by atoms with E-state index < -0.39 is 11.8 Å². The standard InChI is InChI=1S/C28H23BrN6O2/c29-23-11-13-24(14-12-23)35-16-15-25(32-35)31-28(37)27(36)30-17-22-19-34(18-20-7-3-1-4-8-20)33-26(22)21-9-5-2-6-10-21/h1-16,19H,17-18H2,(H,30,36)(H,31,32,37). The maximum atomic E-state index is 12.6. The van der Waals surface area contributed by atoms with Crippen molar-refractivity contribution < 1.29 is 9.59 Å². The van der Waals surface area contributed by atoms with Gasteiger partial charge in [0.1, 0.15) is 0 Å². The minimum Gasteiger partial charge on any atom is -0.344 e. The molecule has 0 radical (unpaired) electrons. The molecule has 2 aromatic heterocycles. The van der Waals surface area contributed by atoms with Crippen molar-refractivity contribution in [2.75, 3.05) is 5.32 Å². The maximum Gasteiger partial charge on any atom is 0.314 e. The second-order valence-corrected chi connectivity index (χ2v) is 9.23. The van der Waals surface area contributed by atoms with E-state index in [2.05, 4.69) is 31.7 Å². The molecule has 0 unspecified atom stereocenters. The quantitative estimate of drug-likeness (QED) is 0.282. The van der Waals surface area contributed by atoms with Crippen molar-refractivity contribution >= 4 is 33.6 Å². The Morgan fingerprint density at radius 3 is 2.24 bits per heavy atom. The minimum absolute atomic E-state index is 0.151. The fourth-order valence-corrected chi connectivity index (χ4v) is 4.10. The SMILES string of the molecule is O=C(NCc1cn(Cc2ccccc2)nc1-c1ccccc1)C(=O)Nc1ccn(-c2ccc(Br)cc2)n1. The number of anilines is 1. The molecule has 0 fully saturated rings. The highest BCUT2D eigenvalue weighted by Gasteiger charge is 2.18. The third-order valence-corrected chi connectivity index (χ3v) is 6.17. The molecule has 0 saturated carbocycles. The Labute approximate surface area is 222 Å². The van der Waals surface area contributed by atoms with Gasteiger partial charge in [-0.1, -0.05) is 76.6 Å².